The van der Waals surface area contributed by atoms with Gasteiger partial charge in [0.1, 0.15) is 0 Å². The van der Waals surface area contributed by atoms with Gasteiger partial charge in [0, 0.05) is 11.6 Å². The predicted molar refractivity (Wildman–Crippen MR) is 73.1 cm³/mol. The van der Waals surface area contributed by atoms with Crippen LogP contribution in [0.3, 0.4) is 0 Å². The molecule has 2 heteroatoms. The highest BCUT2D eigenvalue weighted by atomic mass is 16.2. The van der Waals surface area contributed by atoms with Crippen molar-refractivity contribution in [3.63, 3.8) is 0 Å². The maximum atomic E-state index is 12.2. The van der Waals surface area contributed by atoms with Gasteiger partial charge in [0.05, 0.1) is 0 Å². The van der Waals surface area contributed by atoms with E-state index in [1.165, 1.54) is 12.8 Å². The van der Waals surface area contributed by atoms with E-state index in [9.17, 15) is 4.79 Å². The first-order valence-corrected chi connectivity index (χ1v) is 6.87. The molecule has 3 rings (SSSR count). The topological polar surface area (TPSA) is 29.1 Å². The van der Waals surface area contributed by atoms with E-state index < -0.39 is 0 Å². The number of nitrogens with one attached hydrogen (secondary N) is 1. The highest BCUT2D eigenvalue weighted by Crippen LogP contribution is 2.53. The van der Waals surface area contributed by atoms with Gasteiger partial charge in [0.25, 0.3) is 0 Å². The number of anilines is 1. The Balaban J connectivity index is 1.61. The van der Waals surface area contributed by atoms with Crippen molar-refractivity contribution in [1.29, 1.82) is 0 Å². The van der Waals surface area contributed by atoms with Crippen LogP contribution in [0, 0.1) is 17.8 Å². The third kappa shape index (κ3) is 2.33. The fraction of sp³-hybridized carbons (Fsp3) is 0.438. The van der Waals surface area contributed by atoms with Crippen molar-refractivity contribution in [1.82, 2.24) is 0 Å². The molecule has 0 aromatic heterocycles. The van der Waals surface area contributed by atoms with E-state index in [1.807, 2.05) is 30.3 Å². The molecule has 1 fully saturated rings. The fourth-order valence-electron chi connectivity index (χ4n) is 3.18. The average Bonchev–Trinajstić information content (AvgIpc) is 3.02. The quantitative estimate of drug-likeness (QED) is 0.787. The molecule has 0 bridgehead atoms. The van der Waals surface area contributed by atoms with Crippen LogP contribution in [0.15, 0.2) is 42.5 Å². The number of hydrogen-bond acceptors (Lipinski definition) is 1. The van der Waals surface area contributed by atoms with E-state index in [0.29, 0.717) is 11.8 Å². The van der Waals surface area contributed by atoms with E-state index >= 15 is 0 Å². The van der Waals surface area contributed by atoms with Crippen molar-refractivity contribution in [3.8, 4) is 0 Å². The lowest BCUT2D eigenvalue weighted by Crippen LogP contribution is -2.15. The number of amides is 1. The summed E-state index contributed by atoms with van der Waals surface area (Å²) in [5, 5.41) is 3.04. The van der Waals surface area contributed by atoms with Crippen LogP contribution in [0.5, 0.6) is 0 Å². The Bertz CT molecular complexity index is 435. The number of carbonyl (C=O) groups is 1. The molecule has 0 spiro atoms. The number of allylic oxidation sites excluding steroid dienone is 2. The highest BCUT2D eigenvalue weighted by molar-refractivity contribution is 5.94. The van der Waals surface area contributed by atoms with Crippen LogP contribution in [0.2, 0.25) is 0 Å². The standard InChI is InChI=1S/C16H19NO/c18-16(17-12-8-4-3-5-9-12)15-13-10-6-1-2-7-11-14(13)15/h1-5,8-9,13-15H,6-7,10-11H2,(H,17,18)/b2-1-/t13-,14+,15?. The van der Waals surface area contributed by atoms with Crippen LogP contribution in [0.4, 0.5) is 5.69 Å². The third-order valence-corrected chi connectivity index (χ3v) is 4.18. The van der Waals surface area contributed by atoms with Gasteiger partial charge in [-0.3, -0.25) is 4.79 Å². The molecule has 3 atom stereocenters. The van der Waals surface area contributed by atoms with Crippen LogP contribution in [0.1, 0.15) is 25.7 Å². The van der Waals surface area contributed by atoms with Gasteiger partial charge in [-0.25, -0.2) is 0 Å². The maximum absolute atomic E-state index is 12.2. The summed E-state index contributed by atoms with van der Waals surface area (Å²) in [6.45, 7) is 0. The van der Waals surface area contributed by atoms with Gasteiger partial charge in [0.2, 0.25) is 5.91 Å². The van der Waals surface area contributed by atoms with E-state index in [2.05, 4.69) is 17.5 Å². The Morgan fingerprint density at radius 1 is 1.00 bits per heavy atom. The van der Waals surface area contributed by atoms with Crippen molar-refractivity contribution in [2.45, 2.75) is 25.7 Å². The predicted octanol–water partition coefficient (Wildman–Crippen LogP) is 3.62. The largest absolute Gasteiger partial charge is 0.326 e. The molecular weight excluding hydrogens is 222 g/mol. The molecule has 1 unspecified atom stereocenters. The molecular formula is C16H19NO. The summed E-state index contributed by atoms with van der Waals surface area (Å²) < 4.78 is 0. The van der Waals surface area contributed by atoms with Crippen LogP contribution < -0.4 is 5.32 Å². The molecule has 0 heterocycles. The molecule has 0 saturated heterocycles. The minimum Gasteiger partial charge on any atom is -0.326 e. The van der Waals surface area contributed by atoms with Crippen LogP contribution in [0.25, 0.3) is 0 Å². The number of para-hydroxylation sites is 1. The van der Waals surface area contributed by atoms with Crippen molar-refractivity contribution in [2.75, 3.05) is 5.32 Å². The molecule has 94 valence electrons. The molecule has 2 aliphatic carbocycles. The minimum atomic E-state index is 0.220. The SMILES string of the molecule is O=C(Nc1ccccc1)C1[C@H]2CC/C=C\CC[C@@H]12. The summed E-state index contributed by atoms with van der Waals surface area (Å²) in [4.78, 5) is 12.2. The molecule has 1 saturated carbocycles. The van der Waals surface area contributed by atoms with Crippen molar-refractivity contribution in [3.05, 3.63) is 42.5 Å². The second-order valence-electron chi connectivity index (χ2n) is 5.33. The Kier molecular flexibility index (Phi) is 3.18. The monoisotopic (exact) mass is 241 g/mol. The summed E-state index contributed by atoms with van der Waals surface area (Å²) in [6.07, 6.45) is 9.15. The van der Waals surface area contributed by atoms with Crippen LogP contribution in [-0.2, 0) is 4.79 Å². The van der Waals surface area contributed by atoms with Gasteiger partial charge in [-0.1, -0.05) is 30.4 Å². The summed E-state index contributed by atoms with van der Waals surface area (Å²) in [5.41, 5.74) is 0.917. The molecule has 18 heavy (non-hydrogen) atoms. The molecule has 1 aromatic rings. The Morgan fingerprint density at radius 3 is 2.22 bits per heavy atom. The van der Waals surface area contributed by atoms with E-state index in [4.69, 9.17) is 0 Å². The van der Waals surface area contributed by atoms with Gasteiger partial charge in [-0.15, -0.1) is 0 Å². The van der Waals surface area contributed by atoms with Gasteiger partial charge in [-0.2, -0.15) is 0 Å². The lowest BCUT2D eigenvalue weighted by atomic mass is 10.1. The summed E-state index contributed by atoms with van der Waals surface area (Å²) in [5.74, 6) is 1.72. The second kappa shape index (κ2) is 4.97. The number of carbonyl (C=O) groups excluding carboxylic acids is 1. The average molecular weight is 241 g/mol. The van der Waals surface area contributed by atoms with E-state index in [0.717, 1.165) is 18.5 Å². The molecule has 2 nitrogen and oxygen atoms in total. The van der Waals surface area contributed by atoms with E-state index in [-0.39, 0.29) is 11.8 Å². The first-order valence-electron chi connectivity index (χ1n) is 6.87. The van der Waals surface area contributed by atoms with Crippen LogP contribution >= 0.6 is 0 Å². The molecule has 1 N–H and O–H groups in total. The summed E-state index contributed by atoms with van der Waals surface area (Å²) in [7, 11) is 0. The van der Waals surface area contributed by atoms with Crippen LogP contribution in [-0.4, -0.2) is 5.91 Å². The molecule has 0 aliphatic heterocycles. The van der Waals surface area contributed by atoms with Crippen molar-refractivity contribution in [2.24, 2.45) is 17.8 Å². The number of fused-ring (bicyclic) bond motifs is 1. The van der Waals surface area contributed by atoms with Gasteiger partial charge >= 0.3 is 0 Å². The number of rotatable bonds is 2. The molecule has 2 aliphatic rings. The molecule has 1 aromatic carbocycles. The Morgan fingerprint density at radius 2 is 1.61 bits per heavy atom. The van der Waals surface area contributed by atoms with E-state index in [1.54, 1.807) is 0 Å². The maximum Gasteiger partial charge on any atom is 0.228 e. The third-order valence-electron chi connectivity index (χ3n) is 4.18. The lowest BCUT2D eigenvalue weighted by Gasteiger charge is -2.04. The number of benzene rings is 1. The Labute approximate surface area is 108 Å². The highest BCUT2D eigenvalue weighted by Gasteiger charge is 2.53. The summed E-state index contributed by atoms with van der Waals surface area (Å²) in [6, 6.07) is 9.77. The lowest BCUT2D eigenvalue weighted by molar-refractivity contribution is -0.117. The Hall–Kier alpha value is -1.57. The van der Waals surface area contributed by atoms with Crippen molar-refractivity contribution >= 4 is 11.6 Å². The smallest absolute Gasteiger partial charge is 0.228 e. The zero-order valence-corrected chi connectivity index (χ0v) is 10.5. The van der Waals surface area contributed by atoms with Gasteiger partial charge in [0.15, 0.2) is 0 Å². The fourth-order valence-corrected chi connectivity index (χ4v) is 3.18. The minimum absolute atomic E-state index is 0.220. The molecule has 1 amide bonds. The van der Waals surface area contributed by atoms with Gasteiger partial charge in [-0.05, 0) is 49.7 Å². The summed E-state index contributed by atoms with van der Waals surface area (Å²) >= 11 is 0. The zero-order valence-electron chi connectivity index (χ0n) is 10.5. The van der Waals surface area contributed by atoms with Crippen molar-refractivity contribution < 1.29 is 4.79 Å². The number of hydrogen-bond donors (Lipinski definition) is 1. The normalized spacial score (nSPS) is 31.7. The first kappa shape index (κ1) is 11.5. The first-order chi connectivity index (χ1) is 8.86. The van der Waals surface area contributed by atoms with Gasteiger partial charge < -0.3 is 5.32 Å². The second-order valence-corrected chi connectivity index (χ2v) is 5.33. The molecule has 0 radical (unpaired) electrons. The zero-order chi connectivity index (χ0) is 12.4.